The van der Waals surface area contributed by atoms with Gasteiger partial charge in [-0.1, -0.05) is 23.2 Å². The monoisotopic (exact) mass is 525 g/mol. The molecule has 0 atom stereocenters. The van der Waals surface area contributed by atoms with Crippen molar-refractivity contribution in [2.75, 3.05) is 5.32 Å². The minimum absolute atomic E-state index is 0.164. The van der Waals surface area contributed by atoms with Crippen LogP contribution in [0.4, 0.5) is 10.1 Å². The molecule has 0 spiro atoms. The van der Waals surface area contributed by atoms with Gasteiger partial charge in [0.25, 0.3) is 5.91 Å². The number of rotatable bonds is 5. The highest BCUT2D eigenvalue weighted by Gasteiger charge is 2.18. The van der Waals surface area contributed by atoms with Crippen LogP contribution in [0.3, 0.4) is 0 Å². The summed E-state index contributed by atoms with van der Waals surface area (Å²) in [6.07, 6.45) is 0. The Labute approximate surface area is 196 Å². The summed E-state index contributed by atoms with van der Waals surface area (Å²) in [5.74, 6) is -0.465. The fourth-order valence-corrected chi connectivity index (χ4v) is 3.57. The first-order valence-electron chi connectivity index (χ1n) is 8.87. The smallest absolute Gasteiger partial charge is 0.308 e. The molecule has 1 amide bonds. The first kappa shape index (κ1) is 23.1. The lowest BCUT2D eigenvalue weighted by molar-refractivity contribution is -0.131. The molecule has 31 heavy (non-hydrogen) atoms. The average molecular weight is 527 g/mol. The van der Waals surface area contributed by atoms with E-state index in [-0.39, 0.29) is 21.5 Å². The summed E-state index contributed by atoms with van der Waals surface area (Å²) in [7, 11) is 0. The molecule has 0 saturated carbocycles. The van der Waals surface area contributed by atoms with E-state index in [1.807, 2.05) is 0 Å². The molecule has 0 heterocycles. The van der Waals surface area contributed by atoms with Crippen LogP contribution in [0, 0.1) is 12.7 Å². The van der Waals surface area contributed by atoms with Crippen molar-refractivity contribution in [3.63, 3.8) is 0 Å². The highest BCUT2D eigenvalue weighted by atomic mass is 79.9. The second-order valence-corrected chi connectivity index (χ2v) is 8.06. The number of amides is 1. The van der Waals surface area contributed by atoms with Crippen LogP contribution in [-0.4, -0.2) is 11.9 Å². The summed E-state index contributed by atoms with van der Waals surface area (Å²) >= 11 is 16.0. The maximum Gasteiger partial charge on any atom is 0.308 e. The summed E-state index contributed by atoms with van der Waals surface area (Å²) in [4.78, 5) is 23.6. The quantitative estimate of drug-likeness (QED) is 0.282. The van der Waals surface area contributed by atoms with Gasteiger partial charge < -0.3 is 14.8 Å². The number of hydrogen-bond donors (Lipinski definition) is 1. The molecular weight excluding hydrogens is 512 g/mol. The first-order valence-corrected chi connectivity index (χ1v) is 10.4. The molecule has 0 aromatic heterocycles. The van der Waals surface area contributed by atoms with Gasteiger partial charge in [0.2, 0.25) is 0 Å². The normalized spacial score (nSPS) is 10.5. The van der Waals surface area contributed by atoms with Gasteiger partial charge in [-0.25, -0.2) is 4.39 Å². The number of carbonyl (C=O) groups is 2. The second-order valence-electron chi connectivity index (χ2n) is 6.42. The summed E-state index contributed by atoms with van der Waals surface area (Å²) in [5.41, 5.74) is 1.30. The maximum absolute atomic E-state index is 13.0. The van der Waals surface area contributed by atoms with E-state index in [1.54, 1.807) is 25.1 Å². The van der Waals surface area contributed by atoms with Crippen LogP contribution < -0.4 is 14.8 Å². The number of benzene rings is 3. The molecule has 0 saturated heterocycles. The fraction of sp³-hybridized carbons (Fsp3) is 0.0909. The molecule has 5 nitrogen and oxygen atoms in total. The molecular formula is C22H15BrCl2FNO4. The zero-order chi connectivity index (χ0) is 22.7. The predicted molar refractivity (Wildman–Crippen MR) is 121 cm³/mol. The number of halogens is 4. The Bertz CT molecular complexity index is 1170. The van der Waals surface area contributed by atoms with Crippen LogP contribution in [0.15, 0.2) is 53.0 Å². The number of ether oxygens (including phenoxy) is 2. The van der Waals surface area contributed by atoms with E-state index in [1.165, 1.54) is 37.3 Å². The Hall–Kier alpha value is -2.61. The maximum atomic E-state index is 13.0. The summed E-state index contributed by atoms with van der Waals surface area (Å²) in [6.45, 7) is 2.95. The van der Waals surface area contributed by atoms with Crippen LogP contribution in [0.5, 0.6) is 17.2 Å². The molecule has 160 valence electrons. The van der Waals surface area contributed by atoms with E-state index >= 15 is 0 Å². The van der Waals surface area contributed by atoms with Gasteiger partial charge in [-0.3, -0.25) is 9.59 Å². The minimum Gasteiger partial charge on any atom is -0.454 e. The highest BCUT2D eigenvalue weighted by Crippen LogP contribution is 2.43. The van der Waals surface area contributed by atoms with E-state index in [4.69, 9.17) is 32.7 Å². The Morgan fingerprint density at radius 2 is 1.74 bits per heavy atom. The molecule has 0 aliphatic heterocycles. The van der Waals surface area contributed by atoms with Crippen LogP contribution in [0.25, 0.3) is 0 Å². The number of nitrogens with one attached hydrogen (secondary N) is 1. The van der Waals surface area contributed by atoms with Gasteiger partial charge in [0.05, 0.1) is 15.7 Å². The average Bonchev–Trinajstić information content (AvgIpc) is 2.71. The Kier molecular flexibility index (Phi) is 7.20. The van der Waals surface area contributed by atoms with Gasteiger partial charge >= 0.3 is 5.97 Å². The standard InChI is InChI=1S/C22H15BrCl2FNO4/c1-11-19(30-12(2)28)10-17(24)21(20(11)25)31-15-7-8-18(16(23)9-15)27-22(29)13-3-5-14(26)6-4-13/h3-10H,1-2H3,(H,27,29). The van der Waals surface area contributed by atoms with Crippen LogP contribution >= 0.6 is 39.1 Å². The van der Waals surface area contributed by atoms with Crippen molar-refractivity contribution in [3.8, 4) is 17.2 Å². The summed E-state index contributed by atoms with van der Waals surface area (Å²) < 4.78 is 24.5. The Morgan fingerprint density at radius 1 is 1.06 bits per heavy atom. The molecule has 0 aliphatic rings. The first-order chi connectivity index (χ1) is 14.7. The zero-order valence-corrected chi connectivity index (χ0v) is 19.4. The van der Waals surface area contributed by atoms with Crippen molar-refractivity contribution in [2.45, 2.75) is 13.8 Å². The lowest BCUT2D eigenvalue weighted by Crippen LogP contribution is -2.12. The molecule has 0 fully saturated rings. The van der Waals surface area contributed by atoms with Crippen molar-refractivity contribution in [3.05, 3.63) is 80.0 Å². The van der Waals surface area contributed by atoms with Gasteiger partial charge in [0.1, 0.15) is 17.3 Å². The summed E-state index contributed by atoms with van der Waals surface area (Å²) in [5, 5.41) is 3.10. The van der Waals surface area contributed by atoms with Crippen LogP contribution in [-0.2, 0) is 4.79 Å². The SMILES string of the molecule is CC(=O)Oc1cc(Cl)c(Oc2ccc(NC(=O)c3ccc(F)cc3)c(Br)c2)c(Cl)c1C. The topological polar surface area (TPSA) is 64.6 Å². The van der Waals surface area contributed by atoms with Crippen molar-refractivity contribution in [2.24, 2.45) is 0 Å². The second kappa shape index (κ2) is 9.68. The third-order valence-electron chi connectivity index (χ3n) is 4.14. The zero-order valence-electron chi connectivity index (χ0n) is 16.3. The summed E-state index contributed by atoms with van der Waals surface area (Å²) in [6, 6.07) is 11.5. The molecule has 0 bridgehead atoms. The number of anilines is 1. The predicted octanol–water partition coefficient (Wildman–Crippen LogP) is 7.17. The van der Waals surface area contributed by atoms with Crippen molar-refractivity contribution >= 4 is 56.7 Å². The lowest BCUT2D eigenvalue weighted by Gasteiger charge is -2.15. The van der Waals surface area contributed by atoms with E-state index in [0.29, 0.717) is 27.0 Å². The van der Waals surface area contributed by atoms with Crippen LogP contribution in [0.1, 0.15) is 22.8 Å². The Morgan fingerprint density at radius 3 is 2.35 bits per heavy atom. The molecule has 3 rings (SSSR count). The molecule has 0 radical (unpaired) electrons. The third-order valence-corrected chi connectivity index (χ3v) is 5.53. The molecule has 1 N–H and O–H groups in total. The van der Waals surface area contributed by atoms with E-state index < -0.39 is 17.7 Å². The van der Waals surface area contributed by atoms with E-state index in [2.05, 4.69) is 21.2 Å². The Balaban J connectivity index is 1.80. The van der Waals surface area contributed by atoms with Crippen molar-refractivity contribution in [1.82, 2.24) is 0 Å². The number of carbonyl (C=O) groups excluding carboxylic acids is 2. The molecule has 3 aromatic rings. The fourth-order valence-electron chi connectivity index (χ4n) is 2.60. The molecule has 9 heteroatoms. The van der Waals surface area contributed by atoms with Gasteiger partial charge in [0.15, 0.2) is 5.75 Å². The number of hydrogen-bond acceptors (Lipinski definition) is 4. The van der Waals surface area contributed by atoms with E-state index in [9.17, 15) is 14.0 Å². The molecule has 0 unspecified atom stereocenters. The third kappa shape index (κ3) is 5.55. The van der Waals surface area contributed by atoms with E-state index in [0.717, 1.165) is 0 Å². The largest absolute Gasteiger partial charge is 0.454 e. The minimum atomic E-state index is -0.494. The number of esters is 1. The highest BCUT2D eigenvalue weighted by molar-refractivity contribution is 9.10. The van der Waals surface area contributed by atoms with Gasteiger partial charge in [0, 0.05) is 28.6 Å². The van der Waals surface area contributed by atoms with Crippen LogP contribution in [0.2, 0.25) is 10.0 Å². The van der Waals surface area contributed by atoms with Gasteiger partial charge in [-0.2, -0.15) is 0 Å². The molecule has 0 aliphatic carbocycles. The lowest BCUT2D eigenvalue weighted by atomic mass is 10.2. The molecule has 3 aromatic carbocycles. The van der Waals surface area contributed by atoms with Gasteiger partial charge in [-0.15, -0.1) is 0 Å². The van der Waals surface area contributed by atoms with Gasteiger partial charge in [-0.05, 0) is 65.3 Å². The van der Waals surface area contributed by atoms with Crippen molar-refractivity contribution in [1.29, 1.82) is 0 Å². The van der Waals surface area contributed by atoms with Crippen molar-refractivity contribution < 1.29 is 23.5 Å².